The van der Waals surface area contributed by atoms with Crippen LogP contribution in [0.4, 0.5) is 4.39 Å². The van der Waals surface area contributed by atoms with Crippen molar-refractivity contribution in [1.82, 2.24) is 4.90 Å². The van der Waals surface area contributed by atoms with Gasteiger partial charge in [0, 0.05) is 36.7 Å². The average Bonchev–Trinajstić information content (AvgIpc) is 2.32. The van der Waals surface area contributed by atoms with Crippen LogP contribution in [-0.4, -0.2) is 35.3 Å². The van der Waals surface area contributed by atoms with Gasteiger partial charge in [0.15, 0.2) is 0 Å². The first-order valence-corrected chi connectivity index (χ1v) is 6.75. The summed E-state index contributed by atoms with van der Waals surface area (Å²) in [5.74, 6) is 1.87. The topological polar surface area (TPSA) is 53.1 Å². The van der Waals surface area contributed by atoms with Gasteiger partial charge in [0.2, 0.25) is 0 Å². The van der Waals surface area contributed by atoms with E-state index in [1.807, 2.05) is 11.8 Å². The lowest BCUT2D eigenvalue weighted by atomic mass is 10.1. The highest BCUT2D eigenvalue weighted by Crippen LogP contribution is 2.16. The van der Waals surface area contributed by atoms with Crippen LogP contribution >= 0.6 is 11.8 Å². The summed E-state index contributed by atoms with van der Waals surface area (Å²) in [6.07, 6.45) is 0. The van der Waals surface area contributed by atoms with Crippen LogP contribution in [0.3, 0.4) is 0 Å². The van der Waals surface area contributed by atoms with Crippen molar-refractivity contribution in [3.8, 4) is 0 Å². The van der Waals surface area contributed by atoms with Gasteiger partial charge in [0.1, 0.15) is 11.7 Å². The molecule has 0 atom stereocenters. The minimum absolute atomic E-state index is 0.0640. The molecule has 0 amide bonds. The molecule has 0 bridgehead atoms. The maximum absolute atomic E-state index is 13.1. The van der Waals surface area contributed by atoms with Crippen molar-refractivity contribution in [3.63, 3.8) is 0 Å². The quantitative estimate of drug-likeness (QED) is 0.636. The van der Waals surface area contributed by atoms with Gasteiger partial charge in [-0.3, -0.25) is 10.3 Å². The van der Waals surface area contributed by atoms with Gasteiger partial charge in [-0.15, -0.1) is 0 Å². The molecule has 0 unspecified atom stereocenters. The molecule has 3 nitrogen and oxygen atoms in total. The predicted molar refractivity (Wildman–Crippen MR) is 70.0 cm³/mol. The number of nitrogens with one attached hydrogen (secondary N) is 1. The first-order valence-electron chi connectivity index (χ1n) is 5.60. The summed E-state index contributed by atoms with van der Waals surface area (Å²) in [4.78, 5) is 2.32. The summed E-state index contributed by atoms with van der Waals surface area (Å²) in [5, 5.41) is 7.48. The monoisotopic (exact) mass is 253 g/mol. The molecule has 3 N–H and O–H groups in total. The summed E-state index contributed by atoms with van der Waals surface area (Å²) >= 11 is 1.95. The van der Waals surface area contributed by atoms with Crippen LogP contribution in [0.25, 0.3) is 0 Å². The zero-order valence-corrected chi connectivity index (χ0v) is 10.4. The molecule has 0 aromatic heterocycles. The smallest absolute Gasteiger partial charge is 0.123 e. The van der Waals surface area contributed by atoms with E-state index >= 15 is 0 Å². The lowest BCUT2D eigenvalue weighted by Crippen LogP contribution is -2.32. The largest absolute Gasteiger partial charge is 0.384 e. The minimum Gasteiger partial charge on any atom is -0.384 e. The Bertz CT molecular complexity index is 416. The second-order valence-electron chi connectivity index (χ2n) is 4.10. The first kappa shape index (κ1) is 12.4. The SMILES string of the molecule is N=C(N)c1cc(F)ccc1CN1CCSCC1. The summed E-state index contributed by atoms with van der Waals surface area (Å²) in [7, 11) is 0. The number of nitrogens with zero attached hydrogens (tertiary/aromatic N) is 1. The average molecular weight is 253 g/mol. The second-order valence-corrected chi connectivity index (χ2v) is 5.33. The van der Waals surface area contributed by atoms with E-state index in [1.54, 1.807) is 6.07 Å². The highest BCUT2D eigenvalue weighted by atomic mass is 32.2. The van der Waals surface area contributed by atoms with Crippen LogP contribution in [0.15, 0.2) is 18.2 Å². The molecule has 1 aromatic carbocycles. The van der Waals surface area contributed by atoms with Gasteiger partial charge in [0.25, 0.3) is 0 Å². The van der Waals surface area contributed by atoms with E-state index in [9.17, 15) is 4.39 Å². The van der Waals surface area contributed by atoms with Gasteiger partial charge >= 0.3 is 0 Å². The van der Waals surface area contributed by atoms with E-state index in [-0.39, 0.29) is 11.7 Å². The Hall–Kier alpha value is -1.07. The Balaban J connectivity index is 2.16. The number of rotatable bonds is 3. The van der Waals surface area contributed by atoms with Gasteiger partial charge < -0.3 is 5.73 Å². The number of amidine groups is 1. The summed E-state index contributed by atoms with van der Waals surface area (Å²) in [5.41, 5.74) is 6.94. The lowest BCUT2D eigenvalue weighted by Gasteiger charge is -2.26. The van der Waals surface area contributed by atoms with Gasteiger partial charge in [-0.05, 0) is 17.7 Å². The number of benzene rings is 1. The Kier molecular flexibility index (Phi) is 4.02. The molecule has 1 aliphatic rings. The number of hydrogen-bond donors (Lipinski definition) is 2. The van der Waals surface area contributed by atoms with E-state index in [1.165, 1.54) is 12.1 Å². The fourth-order valence-corrected chi connectivity index (χ4v) is 2.92. The maximum atomic E-state index is 13.1. The Morgan fingerprint density at radius 1 is 1.41 bits per heavy atom. The lowest BCUT2D eigenvalue weighted by molar-refractivity contribution is 0.294. The van der Waals surface area contributed by atoms with E-state index in [0.29, 0.717) is 5.56 Å². The summed E-state index contributed by atoms with van der Waals surface area (Å²) < 4.78 is 13.1. The van der Waals surface area contributed by atoms with E-state index in [4.69, 9.17) is 11.1 Å². The van der Waals surface area contributed by atoms with Crippen LogP contribution < -0.4 is 5.73 Å². The van der Waals surface area contributed by atoms with Crippen molar-refractivity contribution in [2.75, 3.05) is 24.6 Å². The van der Waals surface area contributed by atoms with Crippen molar-refractivity contribution >= 4 is 17.6 Å². The van der Waals surface area contributed by atoms with Crippen LogP contribution in [0.1, 0.15) is 11.1 Å². The van der Waals surface area contributed by atoms with E-state index < -0.39 is 0 Å². The van der Waals surface area contributed by atoms with Crippen molar-refractivity contribution in [1.29, 1.82) is 5.41 Å². The number of nitrogens with two attached hydrogens (primary N) is 1. The third kappa shape index (κ3) is 3.20. The van der Waals surface area contributed by atoms with Crippen molar-refractivity contribution in [3.05, 3.63) is 35.1 Å². The zero-order valence-electron chi connectivity index (χ0n) is 9.58. The van der Waals surface area contributed by atoms with Gasteiger partial charge in [-0.2, -0.15) is 11.8 Å². The van der Waals surface area contributed by atoms with Crippen LogP contribution in [0.2, 0.25) is 0 Å². The van der Waals surface area contributed by atoms with Gasteiger partial charge in [-0.1, -0.05) is 6.07 Å². The molecular weight excluding hydrogens is 237 g/mol. The molecule has 1 saturated heterocycles. The highest BCUT2D eigenvalue weighted by Gasteiger charge is 2.14. The predicted octanol–water partition coefficient (Wildman–Crippen LogP) is 1.66. The fraction of sp³-hybridized carbons (Fsp3) is 0.417. The molecule has 0 saturated carbocycles. The van der Waals surface area contributed by atoms with Gasteiger partial charge in [0.05, 0.1) is 0 Å². The molecule has 5 heteroatoms. The molecule has 0 aliphatic carbocycles. The Labute approximate surface area is 105 Å². The first-order chi connectivity index (χ1) is 8.16. The van der Waals surface area contributed by atoms with Crippen LogP contribution in [-0.2, 0) is 6.54 Å². The molecule has 2 rings (SSSR count). The maximum Gasteiger partial charge on any atom is 0.123 e. The molecular formula is C12H16FN3S. The van der Waals surface area contributed by atoms with Crippen molar-refractivity contribution in [2.24, 2.45) is 5.73 Å². The number of thioether (sulfide) groups is 1. The number of halogens is 1. The molecule has 1 aliphatic heterocycles. The molecule has 1 heterocycles. The normalized spacial score (nSPS) is 17.0. The van der Waals surface area contributed by atoms with Crippen molar-refractivity contribution in [2.45, 2.75) is 6.54 Å². The van der Waals surface area contributed by atoms with Gasteiger partial charge in [-0.25, -0.2) is 4.39 Å². The third-order valence-corrected chi connectivity index (χ3v) is 3.80. The summed E-state index contributed by atoms with van der Waals surface area (Å²) in [6, 6.07) is 4.50. The fourth-order valence-electron chi connectivity index (χ4n) is 1.94. The van der Waals surface area contributed by atoms with Crippen molar-refractivity contribution < 1.29 is 4.39 Å². The number of hydrogen-bond acceptors (Lipinski definition) is 3. The molecule has 92 valence electrons. The summed E-state index contributed by atoms with van der Waals surface area (Å²) in [6.45, 7) is 2.83. The highest BCUT2D eigenvalue weighted by molar-refractivity contribution is 7.99. The molecule has 1 fully saturated rings. The molecule has 1 aromatic rings. The molecule has 17 heavy (non-hydrogen) atoms. The standard InChI is InChI=1S/C12H16FN3S/c13-10-2-1-9(11(7-10)12(14)15)8-16-3-5-17-6-4-16/h1-2,7H,3-6,8H2,(H3,14,15). The number of nitrogen functional groups attached to an aromatic ring is 1. The second kappa shape index (κ2) is 5.51. The Morgan fingerprint density at radius 3 is 2.76 bits per heavy atom. The molecule has 0 spiro atoms. The Morgan fingerprint density at radius 2 is 2.12 bits per heavy atom. The third-order valence-electron chi connectivity index (χ3n) is 2.86. The molecule has 0 radical (unpaired) electrons. The van der Waals surface area contributed by atoms with E-state index in [0.717, 1.165) is 36.7 Å². The van der Waals surface area contributed by atoms with E-state index in [2.05, 4.69) is 4.90 Å². The zero-order chi connectivity index (χ0) is 12.3. The van der Waals surface area contributed by atoms with Crippen LogP contribution in [0.5, 0.6) is 0 Å². The van der Waals surface area contributed by atoms with Crippen LogP contribution in [0, 0.1) is 11.2 Å². The minimum atomic E-state index is -0.340.